The molecule has 1 aromatic carbocycles. The van der Waals surface area contributed by atoms with Crippen LogP contribution in [0.1, 0.15) is 36.6 Å². The van der Waals surface area contributed by atoms with Crippen LogP contribution >= 0.6 is 0 Å². The number of hydrogen-bond acceptors (Lipinski definition) is 3. The van der Waals surface area contributed by atoms with E-state index in [-0.39, 0.29) is 18.4 Å². The largest absolute Gasteiger partial charge is 0.388 e. The number of nitrogens with zero attached hydrogens (tertiary/aromatic N) is 3. The molecule has 5 heteroatoms. The molecule has 112 valence electrons. The van der Waals surface area contributed by atoms with Gasteiger partial charge in [0.2, 0.25) is 5.91 Å². The molecule has 2 atom stereocenters. The number of aliphatic hydroxyl groups is 1. The van der Waals surface area contributed by atoms with Gasteiger partial charge in [-0.05, 0) is 12.5 Å². The first kappa shape index (κ1) is 15.3. The Bertz CT molecular complexity index is 595. The fraction of sp³-hybridized carbons (Fsp3) is 0.375. The summed E-state index contributed by atoms with van der Waals surface area (Å²) in [5, 5.41) is 14.2. The van der Waals surface area contributed by atoms with Crippen LogP contribution in [0, 0.1) is 0 Å². The number of carbonyl (C=O) groups is 1. The summed E-state index contributed by atoms with van der Waals surface area (Å²) in [4.78, 5) is 13.9. The Morgan fingerprint density at radius 2 is 2.00 bits per heavy atom. The first-order chi connectivity index (χ1) is 9.99. The zero-order valence-corrected chi connectivity index (χ0v) is 12.6. The van der Waals surface area contributed by atoms with Crippen molar-refractivity contribution in [3.05, 3.63) is 53.9 Å². The average molecular weight is 287 g/mol. The Morgan fingerprint density at radius 3 is 2.57 bits per heavy atom. The van der Waals surface area contributed by atoms with Crippen LogP contribution < -0.4 is 0 Å². The molecule has 0 aliphatic rings. The third-order valence-electron chi connectivity index (χ3n) is 3.73. The van der Waals surface area contributed by atoms with E-state index in [0.29, 0.717) is 0 Å². The van der Waals surface area contributed by atoms with Gasteiger partial charge in [0.1, 0.15) is 0 Å². The lowest BCUT2D eigenvalue weighted by Crippen LogP contribution is -2.30. The second-order valence-corrected chi connectivity index (χ2v) is 5.26. The third-order valence-corrected chi connectivity index (χ3v) is 3.73. The van der Waals surface area contributed by atoms with Gasteiger partial charge in [0.05, 0.1) is 24.8 Å². The Hall–Kier alpha value is -2.14. The lowest BCUT2D eigenvalue weighted by atomic mass is 10.1. The van der Waals surface area contributed by atoms with Crippen molar-refractivity contribution >= 4 is 5.91 Å². The lowest BCUT2D eigenvalue weighted by Gasteiger charge is -2.25. The van der Waals surface area contributed by atoms with Gasteiger partial charge >= 0.3 is 0 Å². The van der Waals surface area contributed by atoms with Gasteiger partial charge in [0.25, 0.3) is 0 Å². The number of hydrogen-bond donors (Lipinski definition) is 1. The van der Waals surface area contributed by atoms with Crippen LogP contribution in [-0.4, -0.2) is 32.7 Å². The number of rotatable bonds is 5. The minimum Gasteiger partial charge on any atom is -0.388 e. The molecule has 0 saturated heterocycles. The highest BCUT2D eigenvalue weighted by atomic mass is 16.3. The van der Waals surface area contributed by atoms with Crippen molar-refractivity contribution in [2.45, 2.75) is 25.5 Å². The molecule has 1 aromatic heterocycles. The fourth-order valence-electron chi connectivity index (χ4n) is 2.20. The van der Waals surface area contributed by atoms with Gasteiger partial charge < -0.3 is 10.0 Å². The van der Waals surface area contributed by atoms with Crippen molar-refractivity contribution < 1.29 is 9.90 Å². The molecule has 0 spiro atoms. The van der Waals surface area contributed by atoms with Crippen molar-refractivity contribution in [1.29, 1.82) is 0 Å². The van der Waals surface area contributed by atoms with Gasteiger partial charge in [-0.15, -0.1) is 0 Å². The molecule has 1 heterocycles. The molecule has 0 bridgehead atoms. The van der Waals surface area contributed by atoms with E-state index in [9.17, 15) is 9.90 Å². The molecule has 1 amide bonds. The maximum absolute atomic E-state index is 12.3. The average Bonchev–Trinajstić information content (AvgIpc) is 2.93. The third kappa shape index (κ3) is 3.70. The van der Waals surface area contributed by atoms with Crippen LogP contribution in [0.15, 0.2) is 42.7 Å². The summed E-state index contributed by atoms with van der Waals surface area (Å²) in [6, 6.07) is 9.16. The molecule has 2 unspecified atom stereocenters. The molecule has 1 N–H and O–H groups in total. The summed E-state index contributed by atoms with van der Waals surface area (Å²) in [6.45, 7) is 1.95. The number of aryl methyl sites for hydroxylation is 1. The number of aromatic nitrogens is 2. The van der Waals surface area contributed by atoms with Gasteiger partial charge in [-0.2, -0.15) is 5.10 Å². The molecule has 0 fully saturated rings. The second kappa shape index (κ2) is 6.54. The molecule has 0 aliphatic heterocycles. The van der Waals surface area contributed by atoms with Crippen molar-refractivity contribution in [2.24, 2.45) is 7.05 Å². The quantitative estimate of drug-likeness (QED) is 0.915. The zero-order valence-electron chi connectivity index (χ0n) is 12.6. The summed E-state index contributed by atoms with van der Waals surface area (Å²) in [5.41, 5.74) is 1.73. The molecular weight excluding hydrogens is 266 g/mol. The minimum absolute atomic E-state index is 0.0745. The highest BCUT2D eigenvalue weighted by Crippen LogP contribution is 2.22. The van der Waals surface area contributed by atoms with Crippen LogP contribution in [-0.2, 0) is 11.8 Å². The highest BCUT2D eigenvalue weighted by molar-refractivity contribution is 5.77. The van der Waals surface area contributed by atoms with Crippen molar-refractivity contribution in [2.75, 3.05) is 7.05 Å². The van der Waals surface area contributed by atoms with E-state index < -0.39 is 6.10 Å². The van der Waals surface area contributed by atoms with Gasteiger partial charge in [-0.3, -0.25) is 9.48 Å². The van der Waals surface area contributed by atoms with Gasteiger partial charge in [0.15, 0.2) is 0 Å². The first-order valence-electron chi connectivity index (χ1n) is 6.96. The summed E-state index contributed by atoms with van der Waals surface area (Å²) in [5.74, 6) is -0.0947. The Kier molecular flexibility index (Phi) is 4.75. The summed E-state index contributed by atoms with van der Waals surface area (Å²) < 4.78 is 1.71. The van der Waals surface area contributed by atoms with Gasteiger partial charge in [-0.1, -0.05) is 30.3 Å². The SMILES string of the molecule is CC(c1cnn(C)c1)N(C)C(=O)CC(O)c1ccccc1. The number of aliphatic hydroxyl groups excluding tert-OH is 1. The summed E-state index contributed by atoms with van der Waals surface area (Å²) in [7, 11) is 3.59. The lowest BCUT2D eigenvalue weighted by molar-refractivity contribution is -0.134. The standard InChI is InChI=1S/C16H21N3O2/c1-12(14-10-17-18(2)11-14)19(3)16(21)9-15(20)13-7-5-4-6-8-13/h4-8,10-12,15,20H,9H2,1-3H3. The Balaban J connectivity index is 1.99. The Labute approximate surface area is 124 Å². The molecule has 5 nitrogen and oxygen atoms in total. The summed E-state index contributed by atoms with van der Waals surface area (Å²) >= 11 is 0. The monoisotopic (exact) mass is 287 g/mol. The van der Waals surface area contributed by atoms with Gasteiger partial charge in [-0.25, -0.2) is 0 Å². The van der Waals surface area contributed by atoms with Crippen LogP contribution in [0.2, 0.25) is 0 Å². The molecular formula is C16H21N3O2. The van der Waals surface area contributed by atoms with Crippen LogP contribution in [0.5, 0.6) is 0 Å². The van der Waals surface area contributed by atoms with Crippen molar-refractivity contribution in [3.63, 3.8) is 0 Å². The van der Waals surface area contributed by atoms with E-state index in [0.717, 1.165) is 11.1 Å². The second-order valence-electron chi connectivity index (χ2n) is 5.26. The van der Waals surface area contributed by atoms with Gasteiger partial charge in [0, 0.05) is 25.9 Å². The molecule has 2 rings (SSSR count). The van der Waals surface area contributed by atoms with Crippen molar-refractivity contribution in [1.82, 2.24) is 14.7 Å². The highest BCUT2D eigenvalue weighted by Gasteiger charge is 2.21. The normalized spacial score (nSPS) is 13.7. The van der Waals surface area contributed by atoms with E-state index in [4.69, 9.17) is 0 Å². The van der Waals surface area contributed by atoms with E-state index in [1.807, 2.05) is 50.5 Å². The predicted molar refractivity (Wildman–Crippen MR) is 80.4 cm³/mol. The van der Waals surface area contributed by atoms with E-state index in [2.05, 4.69) is 5.10 Å². The Morgan fingerprint density at radius 1 is 1.33 bits per heavy atom. The molecule has 0 radical (unpaired) electrons. The smallest absolute Gasteiger partial charge is 0.225 e. The van der Waals surface area contributed by atoms with E-state index in [1.165, 1.54) is 0 Å². The number of carbonyl (C=O) groups excluding carboxylic acids is 1. The predicted octanol–water partition coefficient (Wildman–Crippen LogP) is 2.06. The molecule has 0 saturated carbocycles. The molecule has 0 aliphatic carbocycles. The van der Waals surface area contributed by atoms with Crippen molar-refractivity contribution in [3.8, 4) is 0 Å². The maximum atomic E-state index is 12.3. The molecule has 21 heavy (non-hydrogen) atoms. The number of amides is 1. The van der Waals surface area contributed by atoms with E-state index >= 15 is 0 Å². The van der Waals surface area contributed by atoms with E-state index in [1.54, 1.807) is 22.8 Å². The number of benzene rings is 1. The first-order valence-corrected chi connectivity index (χ1v) is 6.96. The fourth-order valence-corrected chi connectivity index (χ4v) is 2.20. The molecule has 2 aromatic rings. The maximum Gasteiger partial charge on any atom is 0.225 e. The van der Waals surface area contributed by atoms with Crippen LogP contribution in [0.3, 0.4) is 0 Å². The van der Waals surface area contributed by atoms with Crippen LogP contribution in [0.25, 0.3) is 0 Å². The zero-order chi connectivity index (χ0) is 15.4. The summed E-state index contributed by atoms with van der Waals surface area (Å²) in [6.07, 6.45) is 2.94. The topological polar surface area (TPSA) is 58.4 Å². The minimum atomic E-state index is -0.776. The van der Waals surface area contributed by atoms with Crippen LogP contribution in [0.4, 0.5) is 0 Å².